The molecule has 0 unspecified atom stereocenters. The van der Waals surface area contributed by atoms with E-state index >= 15 is 0 Å². The Morgan fingerprint density at radius 2 is 0.915 bits per heavy atom. The number of hydrogen-bond donors (Lipinski definition) is 0. The number of benzene rings is 10. The highest BCUT2D eigenvalue weighted by Crippen LogP contribution is 2.54. The molecule has 2 aliphatic rings. The van der Waals surface area contributed by atoms with Gasteiger partial charge in [-0.05, 0) is 151 Å². The van der Waals surface area contributed by atoms with Crippen LogP contribution < -0.4 is 25.5 Å². The summed E-state index contributed by atoms with van der Waals surface area (Å²) in [6.45, 7) is 27.3. The van der Waals surface area contributed by atoms with E-state index in [9.17, 15) is 0 Å². The quantitative estimate of drug-likeness (QED) is 0.155. The topological polar surface area (TPSA) is 36.0 Å². The molecule has 0 bridgehead atoms. The zero-order valence-corrected chi connectivity index (χ0v) is 49.4. The Morgan fingerprint density at radius 3 is 1.59 bits per heavy atom. The molecule has 2 aliphatic heterocycles. The van der Waals surface area contributed by atoms with Crippen LogP contribution in [0.5, 0.6) is 0 Å². The van der Waals surface area contributed by atoms with Crippen LogP contribution in [0.2, 0.25) is 0 Å². The highest BCUT2D eigenvalue weighted by Gasteiger charge is 2.48. The molecule has 0 radical (unpaired) electrons. The molecular formula is C76H70BN3O2. The third-order valence-corrected chi connectivity index (χ3v) is 17.5. The van der Waals surface area contributed by atoms with Gasteiger partial charge in [0.1, 0.15) is 22.3 Å². The van der Waals surface area contributed by atoms with Crippen molar-refractivity contribution in [2.24, 2.45) is 0 Å². The molecule has 6 heteroatoms. The van der Waals surface area contributed by atoms with Crippen LogP contribution >= 0.6 is 0 Å². The first-order valence-corrected chi connectivity index (χ1v) is 29.2. The van der Waals surface area contributed by atoms with E-state index in [4.69, 9.17) is 8.83 Å². The van der Waals surface area contributed by atoms with Crippen LogP contribution in [-0.2, 0) is 21.7 Å². The van der Waals surface area contributed by atoms with Gasteiger partial charge < -0.3 is 23.4 Å². The van der Waals surface area contributed by atoms with E-state index in [-0.39, 0.29) is 28.5 Å². The Balaban J connectivity index is 1.10. The van der Waals surface area contributed by atoms with Gasteiger partial charge in [0, 0.05) is 84.1 Å². The monoisotopic (exact) mass is 1070 g/mol. The highest BCUT2D eigenvalue weighted by molar-refractivity contribution is 6.94. The van der Waals surface area contributed by atoms with Crippen LogP contribution in [0.15, 0.2) is 215 Å². The number of rotatable bonds is 6. The van der Waals surface area contributed by atoms with Crippen molar-refractivity contribution in [3.05, 3.63) is 229 Å². The zero-order chi connectivity index (χ0) is 56.8. The molecule has 82 heavy (non-hydrogen) atoms. The van der Waals surface area contributed by atoms with Crippen molar-refractivity contribution < 1.29 is 8.83 Å². The molecule has 5 nitrogen and oxygen atoms in total. The number of anilines is 8. The van der Waals surface area contributed by atoms with Crippen molar-refractivity contribution in [3.63, 3.8) is 0 Å². The minimum absolute atomic E-state index is 0.0289. The molecule has 0 spiro atoms. The van der Waals surface area contributed by atoms with Gasteiger partial charge in [0.25, 0.3) is 0 Å². The summed E-state index contributed by atoms with van der Waals surface area (Å²) < 4.78 is 14.4. The Labute approximate surface area is 483 Å². The standard InChI is InChI=1S/C76H70BN3O2/c1-73(2,3)48-27-33-53(34-28-48)78(52-23-17-14-18-24-52)55-37-40-68-58(43-55)59-44-61-65(46-69(59)81-68)80(54-35-29-49(30-36-54)74(4,5)6)77-62-42-51(76(10,11)12)32-39-64(62)79(63-38-31-50(75(7,8)9)41-57(63)47-21-15-13-16-22-47)66-45-60-56-25-19-20-26-67(56)82-72(60)70(61)71(66)77/h13-46H,1-12H3. The van der Waals surface area contributed by atoms with Crippen LogP contribution in [0.4, 0.5) is 45.5 Å². The van der Waals surface area contributed by atoms with Crippen molar-refractivity contribution in [2.45, 2.75) is 105 Å². The Hall–Kier alpha value is -8.74. The van der Waals surface area contributed by atoms with Crippen LogP contribution in [0.1, 0.15) is 105 Å². The summed E-state index contributed by atoms with van der Waals surface area (Å²) in [7, 11) is 0. The van der Waals surface area contributed by atoms with E-state index in [0.29, 0.717) is 0 Å². The van der Waals surface area contributed by atoms with E-state index in [1.54, 1.807) is 0 Å². The molecular weight excluding hydrogens is 998 g/mol. The molecule has 10 aromatic carbocycles. The first-order chi connectivity index (χ1) is 39.2. The summed E-state index contributed by atoms with van der Waals surface area (Å²) in [5, 5.41) is 4.26. The van der Waals surface area contributed by atoms with Crippen molar-refractivity contribution in [1.29, 1.82) is 0 Å². The number of nitrogens with zero attached hydrogens (tertiary/aromatic N) is 3. The van der Waals surface area contributed by atoms with Gasteiger partial charge in [0.15, 0.2) is 0 Å². The van der Waals surface area contributed by atoms with Crippen molar-refractivity contribution in [1.82, 2.24) is 0 Å². The largest absolute Gasteiger partial charge is 0.456 e. The summed E-state index contributed by atoms with van der Waals surface area (Å²) in [6, 6.07) is 76.9. The predicted molar refractivity (Wildman–Crippen MR) is 350 cm³/mol. The molecule has 0 atom stereocenters. The Bertz CT molecular complexity index is 4490. The van der Waals surface area contributed by atoms with E-state index in [0.717, 1.165) is 101 Å². The zero-order valence-electron chi connectivity index (χ0n) is 49.4. The van der Waals surface area contributed by atoms with Gasteiger partial charge in [0.05, 0.1) is 5.69 Å². The second-order valence-electron chi connectivity index (χ2n) is 27.1. The van der Waals surface area contributed by atoms with Gasteiger partial charge in [-0.15, -0.1) is 0 Å². The van der Waals surface area contributed by atoms with Crippen LogP contribution in [0.3, 0.4) is 0 Å². The predicted octanol–water partition coefficient (Wildman–Crippen LogP) is 20.5. The number of fused-ring (bicyclic) bond motifs is 11. The third kappa shape index (κ3) is 8.35. The molecule has 0 fully saturated rings. The fourth-order valence-corrected chi connectivity index (χ4v) is 12.9. The lowest BCUT2D eigenvalue weighted by Gasteiger charge is -2.46. The van der Waals surface area contributed by atoms with Crippen molar-refractivity contribution in [3.8, 4) is 22.3 Å². The summed E-state index contributed by atoms with van der Waals surface area (Å²) in [5.41, 5.74) is 24.2. The number of para-hydroxylation sites is 2. The molecule has 14 rings (SSSR count). The molecule has 0 saturated carbocycles. The first-order valence-electron chi connectivity index (χ1n) is 29.2. The van der Waals surface area contributed by atoms with E-state index in [2.05, 4.69) is 304 Å². The van der Waals surface area contributed by atoms with Gasteiger partial charge in [-0.25, -0.2) is 0 Å². The molecule has 0 N–H and O–H groups in total. The van der Waals surface area contributed by atoms with Gasteiger partial charge in [-0.2, -0.15) is 0 Å². The average molecular weight is 1070 g/mol. The van der Waals surface area contributed by atoms with Gasteiger partial charge in [-0.1, -0.05) is 192 Å². The molecule has 2 aromatic heterocycles. The maximum Gasteiger partial charge on any atom is 0.333 e. The number of furan rings is 2. The molecule has 4 heterocycles. The molecule has 12 aromatic rings. The van der Waals surface area contributed by atoms with Gasteiger partial charge in [-0.3, -0.25) is 0 Å². The lowest BCUT2D eigenvalue weighted by atomic mass is 9.43. The number of hydrogen-bond acceptors (Lipinski definition) is 5. The Morgan fingerprint density at radius 1 is 0.366 bits per heavy atom. The maximum atomic E-state index is 7.32. The molecule has 0 amide bonds. The average Bonchev–Trinajstić information content (AvgIpc) is 1.20. The summed E-state index contributed by atoms with van der Waals surface area (Å²) in [5.74, 6) is 0. The van der Waals surface area contributed by atoms with Crippen LogP contribution in [-0.4, -0.2) is 6.85 Å². The fourth-order valence-electron chi connectivity index (χ4n) is 12.9. The van der Waals surface area contributed by atoms with E-state index in [1.165, 1.54) is 44.3 Å². The first kappa shape index (κ1) is 51.4. The second kappa shape index (κ2) is 18.4. The molecule has 0 aliphatic carbocycles. The summed E-state index contributed by atoms with van der Waals surface area (Å²) in [6.07, 6.45) is 0. The third-order valence-electron chi connectivity index (χ3n) is 17.5. The minimum atomic E-state index is -0.268. The van der Waals surface area contributed by atoms with Crippen LogP contribution in [0.25, 0.3) is 66.1 Å². The highest BCUT2D eigenvalue weighted by atomic mass is 16.3. The Kier molecular flexibility index (Phi) is 11.5. The second-order valence-corrected chi connectivity index (χ2v) is 27.1. The summed E-state index contributed by atoms with van der Waals surface area (Å²) >= 11 is 0. The lowest BCUT2D eigenvalue weighted by molar-refractivity contribution is 0.590. The maximum absolute atomic E-state index is 7.32. The normalized spacial score (nSPS) is 13.5. The fraction of sp³-hybridized carbons (Fsp3) is 0.211. The summed E-state index contributed by atoms with van der Waals surface area (Å²) in [4.78, 5) is 7.56. The molecule has 404 valence electrons. The van der Waals surface area contributed by atoms with E-state index in [1.807, 2.05) is 0 Å². The van der Waals surface area contributed by atoms with Crippen molar-refractivity contribution >= 4 is 107 Å². The van der Waals surface area contributed by atoms with Gasteiger partial charge in [0.2, 0.25) is 0 Å². The molecule has 0 saturated heterocycles. The lowest BCUT2D eigenvalue weighted by Crippen LogP contribution is -2.61. The van der Waals surface area contributed by atoms with Crippen molar-refractivity contribution in [2.75, 3.05) is 14.6 Å². The van der Waals surface area contributed by atoms with E-state index < -0.39 is 0 Å². The SMILES string of the molecule is CC(C)(C)c1ccc(N2B3c4cc(C(C)(C)C)ccc4N(c4ccc(C(C)(C)C)cc4-c4ccccc4)c4cc5c(oc6ccccc65)c(c43)-c3cc4c(cc32)oc2ccc(N(c3ccccc3)c3ccc(C(C)(C)C)cc3)cc24)cc1. The minimum Gasteiger partial charge on any atom is -0.456 e. The van der Waals surface area contributed by atoms with Crippen LogP contribution in [0, 0.1) is 0 Å². The smallest absolute Gasteiger partial charge is 0.333 e. The van der Waals surface area contributed by atoms with Gasteiger partial charge >= 0.3 is 6.85 Å².